The Balaban J connectivity index is 1.40. The third kappa shape index (κ3) is 3.87. The Morgan fingerprint density at radius 1 is 0.885 bits per heavy atom. The largest absolute Gasteiger partial charge is 0.355 e. The molecule has 2 fully saturated rings. The number of carbonyl (C=O) groups excluding carboxylic acids is 1. The molecule has 1 aliphatic carbocycles. The van der Waals surface area contributed by atoms with Crippen LogP contribution in [0.5, 0.6) is 0 Å². The zero-order chi connectivity index (χ0) is 17.8. The molecule has 1 saturated carbocycles. The summed E-state index contributed by atoms with van der Waals surface area (Å²) in [5, 5.41) is 11.8. The van der Waals surface area contributed by atoms with Crippen molar-refractivity contribution in [2.45, 2.75) is 44.9 Å². The van der Waals surface area contributed by atoms with Crippen LogP contribution in [0.25, 0.3) is 11.3 Å². The van der Waals surface area contributed by atoms with E-state index in [2.05, 4.69) is 26.5 Å². The molecule has 0 unspecified atom stereocenters. The van der Waals surface area contributed by atoms with Crippen LogP contribution in [0.3, 0.4) is 0 Å². The number of nitrogens with zero attached hydrogens (tertiary/aromatic N) is 3. The van der Waals surface area contributed by atoms with Crippen molar-refractivity contribution in [3.05, 3.63) is 36.4 Å². The molecular weight excluding hydrogens is 324 g/mol. The predicted molar refractivity (Wildman–Crippen MR) is 104 cm³/mol. The molecule has 1 aromatic carbocycles. The Labute approximate surface area is 154 Å². The average Bonchev–Trinajstić information content (AvgIpc) is 3.25. The minimum Gasteiger partial charge on any atom is -0.355 e. The Morgan fingerprint density at radius 2 is 1.62 bits per heavy atom. The zero-order valence-corrected chi connectivity index (χ0v) is 15.2. The molecule has 2 aliphatic rings. The molecule has 1 amide bonds. The third-order valence-electron chi connectivity index (χ3n) is 5.50. The maximum absolute atomic E-state index is 12.2. The van der Waals surface area contributed by atoms with E-state index in [4.69, 9.17) is 0 Å². The van der Waals surface area contributed by atoms with Gasteiger partial charge in [-0.25, -0.2) is 0 Å². The van der Waals surface area contributed by atoms with E-state index in [9.17, 15) is 4.79 Å². The smallest absolute Gasteiger partial charge is 0.227 e. The van der Waals surface area contributed by atoms with Gasteiger partial charge >= 0.3 is 0 Å². The summed E-state index contributed by atoms with van der Waals surface area (Å²) in [5.74, 6) is 1.30. The summed E-state index contributed by atoms with van der Waals surface area (Å²) < 4.78 is 0. The highest BCUT2D eigenvalue weighted by Gasteiger charge is 2.22. The molecular formula is C21H26N4O. The number of hydrogen-bond donors (Lipinski definition) is 1. The third-order valence-corrected chi connectivity index (χ3v) is 5.50. The van der Waals surface area contributed by atoms with Gasteiger partial charge in [-0.1, -0.05) is 25.0 Å². The molecule has 5 heteroatoms. The quantitative estimate of drug-likeness (QED) is 0.895. The van der Waals surface area contributed by atoms with Crippen LogP contribution < -0.4 is 10.2 Å². The van der Waals surface area contributed by atoms with E-state index in [0.29, 0.717) is 0 Å². The van der Waals surface area contributed by atoms with E-state index in [1.165, 1.54) is 32.1 Å². The minimum atomic E-state index is 0.154. The first-order valence-corrected chi connectivity index (χ1v) is 9.79. The molecule has 0 radical (unpaired) electrons. The van der Waals surface area contributed by atoms with Crippen LogP contribution in [0.2, 0.25) is 0 Å². The monoisotopic (exact) mass is 350 g/mol. The molecule has 1 saturated heterocycles. The first-order chi connectivity index (χ1) is 12.8. The van der Waals surface area contributed by atoms with Crippen LogP contribution in [0.15, 0.2) is 36.4 Å². The number of amides is 1. The Hall–Kier alpha value is -2.43. The van der Waals surface area contributed by atoms with Gasteiger partial charge in [0.05, 0.1) is 5.69 Å². The van der Waals surface area contributed by atoms with E-state index in [0.717, 1.165) is 48.7 Å². The highest BCUT2D eigenvalue weighted by molar-refractivity contribution is 5.92. The predicted octanol–water partition coefficient (Wildman–Crippen LogP) is 4.26. The van der Waals surface area contributed by atoms with Crippen LogP contribution >= 0.6 is 0 Å². The number of benzene rings is 1. The van der Waals surface area contributed by atoms with E-state index in [1.54, 1.807) is 0 Å². The molecule has 4 rings (SSSR count). The van der Waals surface area contributed by atoms with Crippen molar-refractivity contribution in [3.63, 3.8) is 0 Å². The number of carbonyl (C=O) groups is 1. The van der Waals surface area contributed by atoms with E-state index < -0.39 is 0 Å². The van der Waals surface area contributed by atoms with Crippen LogP contribution in [-0.4, -0.2) is 29.2 Å². The van der Waals surface area contributed by atoms with Gasteiger partial charge in [-0.3, -0.25) is 4.79 Å². The molecule has 2 aromatic rings. The fourth-order valence-electron chi connectivity index (χ4n) is 3.93. The number of rotatable bonds is 4. The summed E-state index contributed by atoms with van der Waals surface area (Å²) >= 11 is 0. The average molecular weight is 350 g/mol. The fraction of sp³-hybridized carbons (Fsp3) is 0.476. The van der Waals surface area contributed by atoms with E-state index in [1.807, 2.05) is 30.3 Å². The van der Waals surface area contributed by atoms with Crippen molar-refractivity contribution in [2.24, 2.45) is 5.92 Å². The second kappa shape index (κ2) is 7.85. The molecule has 1 aliphatic heterocycles. The van der Waals surface area contributed by atoms with Crippen molar-refractivity contribution in [3.8, 4) is 11.3 Å². The van der Waals surface area contributed by atoms with Gasteiger partial charge in [0, 0.05) is 30.3 Å². The van der Waals surface area contributed by atoms with Gasteiger partial charge in [0.15, 0.2) is 5.82 Å². The van der Waals surface area contributed by atoms with Crippen molar-refractivity contribution < 1.29 is 4.79 Å². The van der Waals surface area contributed by atoms with Crippen LogP contribution in [-0.2, 0) is 4.79 Å². The summed E-state index contributed by atoms with van der Waals surface area (Å²) in [5.41, 5.74) is 2.73. The lowest BCUT2D eigenvalue weighted by molar-refractivity contribution is -0.119. The molecule has 1 aromatic heterocycles. The van der Waals surface area contributed by atoms with Gasteiger partial charge in [0.25, 0.3) is 0 Å². The number of aromatic nitrogens is 2. The van der Waals surface area contributed by atoms with Crippen molar-refractivity contribution >= 4 is 17.4 Å². The summed E-state index contributed by atoms with van der Waals surface area (Å²) in [4.78, 5) is 14.5. The Bertz CT molecular complexity index is 730. The maximum Gasteiger partial charge on any atom is 0.227 e. The number of anilines is 2. The molecule has 2 heterocycles. The summed E-state index contributed by atoms with van der Waals surface area (Å²) in [6.45, 7) is 2.15. The maximum atomic E-state index is 12.2. The van der Waals surface area contributed by atoms with Gasteiger partial charge in [-0.05, 0) is 56.4 Å². The van der Waals surface area contributed by atoms with Gasteiger partial charge in [0.2, 0.25) is 5.91 Å². The lowest BCUT2D eigenvalue weighted by Crippen LogP contribution is -2.30. The van der Waals surface area contributed by atoms with Gasteiger partial charge in [0.1, 0.15) is 0 Å². The van der Waals surface area contributed by atoms with Crippen molar-refractivity contribution in [1.29, 1.82) is 0 Å². The molecule has 1 N–H and O–H groups in total. The first kappa shape index (κ1) is 17.0. The second-order valence-electron chi connectivity index (χ2n) is 7.37. The standard InChI is InChI=1S/C21H26N4O/c26-21(17-6-2-3-7-17)22-18-10-8-16(9-11-18)19-12-13-20(24-23-19)25-14-4-1-5-15-25/h8-13,17H,1-7,14-15H2,(H,22,26). The lowest BCUT2D eigenvalue weighted by Gasteiger charge is -2.27. The van der Waals surface area contributed by atoms with Crippen LogP contribution in [0.1, 0.15) is 44.9 Å². The van der Waals surface area contributed by atoms with Gasteiger partial charge < -0.3 is 10.2 Å². The number of nitrogens with one attached hydrogen (secondary N) is 1. The summed E-state index contributed by atoms with van der Waals surface area (Å²) in [7, 11) is 0. The van der Waals surface area contributed by atoms with Crippen molar-refractivity contribution in [1.82, 2.24) is 10.2 Å². The molecule has 5 nitrogen and oxygen atoms in total. The van der Waals surface area contributed by atoms with E-state index >= 15 is 0 Å². The second-order valence-corrected chi connectivity index (χ2v) is 7.37. The number of piperidine rings is 1. The summed E-state index contributed by atoms with van der Waals surface area (Å²) in [6.07, 6.45) is 8.15. The highest BCUT2D eigenvalue weighted by Crippen LogP contribution is 2.27. The molecule has 0 atom stereocenters. The van der Waals surface area contributed by atoms with Crippen molar-refractivity contribution in [2.75, 3.05) is 23.3 Å². The number of hydrogen-bond acceptors (Lipinski definition) is 4. The topological polar surface area (TPSA) is 58.1 Å². The Kier molecular flexibility index (Phi) is 5.14. The first-order valence-electron chi connectivity index (χ1n) is 9.79. The van der Waals surface area contributed by atoms with Gasteiger partial charge in [-0.15, -0.1) is 10.2 Å². The van der Waals surface area contributed by atoms with Crippen LogP contribution in [0.4, 0.5) is 11.5 Å². The normalized spacial score (nSPS) is 18.1. The zero-order valence-electron chi connectivity index (χ0n) is 15.2. The molecule has 0 spiro atoms. The molecule has 136 valence electrons. The molecule has 26 heavy (non-hydrogen) atoms. The fourth-order valence-corrected chi connectivity index (χ4v) is 3.93. The minimum absolute atomic E-state index is 0.154. The lowest BCUT2D eigenvalue weighted by atomic mass is 10.1. The van der Waals surface area contributed by atoms with E-state index in [-0.39, 0.29) is 11.8 Å². The highest BCUT2D eigenvalue weighted by atomic mass is 16.1. The van der Waals surface area contributed by atoms with Crippen LogP contribution in [0, 0.1) is 5.92 Å². The van der Waals surface area contributed by atoms with Gasteiger partial charge in [-0.2, -0.15) is 0 Å². The molecule has 0 bridgehead atoms. The SMILES string of the molecule is O=C(Nc1ccc(-c2ccc(N3CCCCC3)nn2)cc1)C1CCCC1. The Morgan fingerprint density at radius 3 is 2.27 bits per heavy atom. The summed E-state index contributed by atoms with van der Waals surface area (Å²) in [6, 6.07) is 12.0.